The van der Waals surface area contributed by atoms with E-state index in [2.05, 4.69) is 16.9 Å². The highest BCUT2D eigenvalue weighted by Crippen LogP contribution is 2.47. The Morgan fingerprint density at radius 1 is 1.23 bits per heavy atom. The molecule has 3 N–H and O–H groups in total. The third-order valence-corrected chi connectivity index (χ3v) is 7.84. The highest BCUT2D eigenvalue weighted by molar-refractivity contribution is 5.79. The Balaban J connectivity index is 1.62. The number of unbranched alkanes of at least 4 members (excludes halogenated alkanes) is 2. The summed E-state index contributed by atoms with van der Waals surface area (Å²) in [4.78, 5) is 38.7. The van der Waals surface area contributed by atoms with Gasteiger partial charge in [0.1, 0.15) is 6.33 Å². The highest BCUT2D eigenvalue weighted by Gasteiger charge is 2.47. The second-order valence-electron chi connectivity index (χ2n) is 10.4. The lowest BCUT2D eigenvalue weighted by Crippen LogP contribution is -2.45. The predicted octanol–water partition coefficient (Wildman–Crippen LogP) is 2.68. The van der Waals surface area contributed by atoms with Gasteiger partial charge >= 0.3 is 5.97 Å². The molecule has 2 aromatic rings. The molecule has 11 heteroatoms. The largest absolute Gasteiger partial charge is 0.493 e. The van der Waals surface area contributed by atoms with E-state index in [-0.39, 0.29) is 31.2 Å². The average Bonchev–Trinajstić information content (AvgIpc) is 3.58. The summed E-state index contributed by atoms with van der Waals surface area (Å²) in [5.74, 6) is -0.414. The molecule has 11 nitrogen and oxygen atoms in total. The molecular weight excluding hydrogens is 514 g/mol. The number of hydrogen-bond acceptors (Lipinski definition) is 9. The molecule has 0 aliphatic carbocycles. The van der Waals surface area contributed by atoms with Crippen LogP contribution in [0.25, 0.3) is 0 Å². The van der Waals surface area contributed by atoms with Crippen LogP contribution in [-0.4, -0.2) is 89.4 Å². The molecule has 1 saturated heterocycles. The van der Waals surface area contributed by atoms with Crippen LogP contribution in [-0.2, 0) is 16.0 Å². The van der Waals surface area contributed by atoms with Gasteiger partial charge in [-0.2, -0.15) is 0 Å². The molecule has 1 unspecified atom stereocenters. The molecule has 0 radical (unpaired) electrons. The minimum atomic E-state index is -0.893. The molecule has 4 rings (SSSR count). The van der Waals surface area contributed by atoms with E-state index >= 15 is 0 Å². The van der Waals surface area contributed by atoms with Crippen molar-refractivity contribution in [3.8, 4) is 17.2 Å². The van der Waals surface area contributed by atoms with Gasteiger partial charge in [0, 0.05) is 43.5 Å². The standard InChI is InChI=1S/C29H41N5O6/c1-3-4-12-33(13-6-5-10-30)26(35)17-34-16-22(20-14-24(38-2)28-25(15-20)39-19-40-28)27(29(36)37)23(34)8-7-21-9-11-31-18-32-21/h9,11,14-15,18,22-23,27H,3-8,10,12-13,16-17,19,30H2,1-2H3,(H,36,37)/t22-,23+,27?/m1/s1. The number of likely N-dealkylation sites (tertiary alicyclic amines) is 1. The third-order valence-electron chi connectivity index (χ3n) is 7.84. The van der Waals surface area contributed by atoms with E-state index in [1.165, 1.54) is 6.33 Å². The summed E-state index contributed by atoms with van der Waals surface area (Å²) in [6.07, 6.45) is 7.91. The summed E-state index contributed by atoms with van der Waals surface area (Å²) in [6.45, 7) is 4.70. The molecule has 0 bridgehead atoms. The van der Waals surface area contributed by atoms with Crippen LogP contribution < -0.4 is 19.9 Å². The number of hydrogen-bond donors (Lipinski definition) is 2. The molecule has 3 atom stereocenters. The number of carbonyl (C=O) groups is 2. The molecule has 40 heavy (non-hydrogen) atoms. The van der Waals surface area contributed by atoms with Crippen molar-refractivity contribution in [1.82, 2.24) is 19.8 Å². The van der Waals surface area contributed by atoms with Crippen molar-refractivity contribution < 1.29 is 28.9 Å². The van der Waals surface area contributed by atoms with Crippen LogP contribution in [0.15, 0.2) is 30.7 Å². The van der Waals surface area contributed by atoms with E-state index in [4.69, 9.17) is 19.9 Å². The van der Waals surface area contributed by atoms with E-state index in [9.17, 15) is 14.7 Å². The number of rotatable bonds is 15. The Bertz CT molecular complexity index is 1130. The molecule has 2 aliphatic rings. The number of amides is 1. The van der Waals surface area contributed by atoms with Gasteiger partial charge < -0.3 is 30.0 Å². The second kappa shape index (κ2) is 14.3. The van der Waals surface area contributed by atoms with Gasteiger partial charge in [-0.05, 0) is 62.4 Å². The number of aliphatic carboxylic acids is 1. The van der Waals surface area contributed by atoms with Gasteiger partial charge in [-0.25, -0.2) is 9.97 Å². The molecule has 218 valence electrons. The summed E-state index contributed by atoms with van der Waals surface area (Å²) in [6, 6.07) is 5.15. The van der Waals surface area contributed by atoms with Crippen molar-refractivity contribution in [2.24, 2.45) is 11.7 Å². The minimum absolute atomic E-state index is 0.0190. The fraction of sp³-hybridized carbons (Fsp3) is 0.586. The smallest absolute Gasteiger partial charge is 0.308 e. The number of carboxylic acid groups (broad SMARTS) is 1. The zero-order valence-corrected chi connectivity index (χ0v) is 23.5. The maximum atomic E-state index is 13.6. The number of fused-ring (bicyclic) bond motifs is 1. The van der Waals surface area contributed by atoms with Gasteiger partial charge in [0.15, 0.2) is 11.5 Å². The van der Waals surface area contributed by atoms with E-state index in [1.54, 1.807) is 13.3 Å². The molecule has 1 aromatic heterocycles. The molecule has 0 spiro atoms. The van der Waals surface area contributed by atoms with Crippen LogP contribution in [0.1, 0.15) is 56.2 Å². The first-order valence-corrected chi connectivity index (χ1v) is 14.1. The Morgan fingerprint density at radius 3 is 2.75 bits per heavy atom. The number of methoxy groups -OCH3 is 1. The molecular formula is C29H41N5O6. The first-order chi connectivity index (χ1) is 19.5. The summed E-state index contributed by atoms with van der Waals surface area (Å²) >= 11 is 0. The maximum absolute atomic E-state index is 13.6. The predicted molar refractivity (Wildman–Crippen MR) is 148 cm³/mol. The number of aryl methyl sites for hydroxylation is 1. The SMILES string of the molecule is CCCCN(CCCCN)C(=O)CN1C[C@H](c2cc(OC)c3c(c2)OCO3)C(C(=O)O)[C@@H]1CCc1ccncn1. The first kappa shape index (κ1) is 29.5. The van der Waals surface area contributed by atoms with Crippen molar-refractivity contribution >= 4 is 11.9 Å². The lowest BCUT2D eigenvalue weighted by atomic mass is 9.83. The maximum Gasteiger partial charge on any atom is 0.308 e. The number of ether oxygens (including phenoxy) is 3. The van der Waals surface area contributed by atoms with Gasteiger partial charge in [-0.15, -0.1) is 0 Å². The molecule has 2 aliphatic heterocycles. The molecule has 1 aromatic carbocycles. The fourth-order valence-electron chi connectivity index (χ4n) is 5.75. The Kier molecular flexibility index (Phi) is 10.5. The van der Waals surface area contributed by atoms with Crippen LogP contribution in [0.4, 0.5) is 0 Å². The van der Waals surface area contributed by atoms with Crippen molar-refractivity contribution in [3.63, 3.8) is 0 Å². The van der Waals surface area contributed by atoms with Crippen molar-refractivity contribution in [1.29, 1.82) is 0 Å². The number of benzene rings is 1. The highest BCUT2D eigenvalue weighted by atomic mass is 16.7. The molecule has 3 heterocycles. The first-order valence-electron chi connectivity index (χ1n) is 14.1. The fourth-order valence-corrected chi connectivity index (χ4v) is 5.75. The number of nitrogens with two attached hydrogens (primary N) is 1. The lowest BCUT2D eigenvalue weighted by molar-refractivity contribution is -0.143. The van der Waals surface area contributed by atoms with Gasteiger partial charge in [-0.3, -0.25) is 14.5 Å². The van der Waals surface area contributed by atoms with E-state index < -0.39 is 11.9 Å². The summed E-state index contributed by atoms with van der Waals surface area (Å²) in [5.41, 5.74) is 7.32. The van der Waals surface area contributed by atoms with Crippen molar-refractivity contribution in [3.05, 3.63) is 42.0 Å². The van der Waals surface area contributed by atoms with Crippen LogP contribution in [0.2, 0.25) is 0 Å². The monoisotopic (exact) mass is 555 g/mol. The Morgan fingerprint density at radius 2 is 2.05 bits per heavy atom. The van der Waals surface area contributed by atoms with Gasteiger partial charge in [-0.1, -0.05) is 13.3 Å². The molecule has 1 amide bonds. The van der Waals surface area contributed by atoms with Crippen molar-refractivity contribution in [2.75, 3.05) is 46.6 Å². The minimum Gasteiger partial charge on any atom is -0.493 e. The normalized spacial score (nSPS) is 20.0. The number of nitrogens with zero attached hydrogens (tertiary/aromatic N) is 4. The molecule has 1 fully saturated rings. The van der Waals surface area contributed by atoms with Crippen molar-refractivity contribution in [2.45, 2.75) is 57.4 Å². The van der Waals surface area contributed by atoms with Crippen LogP contribution in [0.3, 0.4) is 0 Å². The van der Waals surface area contributed by atoms with E-state index in [0.29, 0.717) is 56.3 Å². The van der Waals surface area contributed by atoms with E-state index in [1.807, 2.05) is 28.0 Å². The summed E-state index contributed by atoms with van der Waals surface area (Å²) < 4.78 is 16.7. The zero-order valence-electron chi connectivity index (χ0n) is 23.5. The molecule has 0 saturated carbocycles. The van der Waals surface area contributed by atoms with Crippen LogP contribution >= 0.6 is 0 Å². The van der Waals surface area contributed by atoms with E-state index in [0.717, 1.165) is 36.9 Å². The van der Waals surface area contributed by atoms with Gasteiger partial charge in [0.2, 0.25) is 18.4 Å². The Hall–Kier alpha value is -3.44. The topological polar surface area (TPSA) is 140 Å². The van der Waals surface area contributed by atoms with Crippen LogP contribution in [0, 0.1) is 5.92 Å². The van der Waals surface area contributed by atoms with Gasteiger partial charge in [0.05, 0.1) is 19.6 Å². The Labute approximate surface area is 235 Å². The van der Waals surface area contributed by atoms with Gasteiger partial charge in [0.25, 0.3) is 0 Å². The second-order valence-corrected chi connectivity index (χ2v) is 10.4. The van der Waals surface area contributed by atoms with Crippen LogP contribution in [0.5, 0.6) is 17.2 Å². The number of carbonyl (C=O) groups excluding carboxylic acids is 1. The summed E-state index contributed by atoms with van der Waals surface area (Å²) in [5, 5.41) is 10.5. The quantitative estimate of drug-likeness (QED) is 0.315. The third kappa shape index (κ3) is 7.00. The zero-order chi connectivity index (χ0) is 28.5. The number of aromatic nitrogens is 2. The average molecular weight is 556 g/mol. The number of carboxylic acids is 1. The lowest BCUT2D eigenvalue weighted by Gasteiger charge is -2.29. The summed E-state index contributed by atoms with van der Waals surface area (Å²) in [7, 11) is 1.55.